The molecule has 14 heteroatoms. The molecule has 0 bridgehead atoms. The number of benzene rings is 2. The Balaban J connectivity index is 1.40. The summed E-state index contributed by atoms with van der Waals surface area (Å²) in [6, 6.07) is 7.16. The zero-order chi connectivity index (χ0) is 33.6. The lowest BCUT2D eigenvalue weighted by molar-refractivity contribution is -0.143. The highest BCUT2D eigenvalue weighted by Crippen LogP contribution is 2.41. The van der Waals surface area contributed by atoms with Crippen molar-refractivity contribution in [3.05, 3.63) is 82.2 Å². The SMILES string of the molecule is C[C@@H](O[C@H]1Cc2nnc(C3CCN(C(=O)OC(C)(C)C)CC3)n2C[C@@H]1c1ccc(F)cc1)c1cc(C(F)(F)F)cc(C(F)(F)F)c1. The zero-order valence-corrected chi connectivity index (χ0v) is 25.8. The fourth-order valence-corrected chi connectivity index (χ4v) is 6.01. The van der Waals surface area contributed by atoms with Crippen molar-refractivity contribution >= 4 is 6.09 Å². The van der Waals surface area contributed by atoms with Crippen LogP contribution >= 0.6 is 0 Å². The van der Waals surface area contributed by atoms with Gasteiger partial charge in [0.25, 0.3) is 0 Å². The summed E-state index contributed by atoms with van der Waals surface area (Å²) in [4.78, 5) is 14.2. The van der Waals surface area contributed by atoms with Crippen molar-refractivity contribution in [2.75, 3.05) is 13.1 Å². The van der Waals surface area contributed by atoms with Gasteiger partial charge in [-0.15, -0.1) is 10.2 Å². The summed E-state index contributed by atoms with van der Waals surface area (Å²) >= 11 is 0. The van der Waals surface area contributed by atoms with Crippen LogP contribution in [0.2, 0.25) is 0 Å². The normalized spacial score (nSPS) is 20.4. The molecule has 1 aromatic heterocycles. The third-order valence-corrected chi connectivity index (χ3v) is 8.34. The number of ether oxygens (including phenoxy) is 2. The minimum absolute atomic E-state index is 0.0175. The predicted octanol–water partition coefficient (Wildman–Crippen LogP) is 8.06. The maximum atomic E-state index is 13.8. The summed E-state index contributed by atoms with van der Waals surface area (Å²) in [5.74, 6) is 0.345. The number of alkyl halides is 6. The Hall–Kier alpha value is -3.68. The summed E-state index contributed by atoms with van der Waals surface area (Å²) < 4.78 is 109. The molecule has 0 unspecified atom stereocenters. The molecule has 1 fully saturated rings. The highest BCUT2D eigenvalue weighted by molar-refractivity contribution is 5.68. The van der Waals surface area contributed by atoms with Crippen molar-refractivity contribution in [1.82, 2.24) is 19.7 Å². The minimum Gasteiger partial charge on any atom is -0.444 e. The molecule has 46 heavy (non-hydrogen) atoms. The molecule has 0 N–H and O–H groups in total. The smallest absolute Gasteiger partial charge is 0.416 e. The van der Waals surface area contributed by atoms with E-state index in [1.165, 1.54) is 19.1 Å². The quantitative estimate of drug-likeness (QED) is 0.260. The molecule has 1 amide bonds. The number of rotatable bonds is 5. The number of piperidine rings is 1. The Bertz CT molecular complexity index is 1510. The Kier molecular flexibility index (Phi) is 9.15. The summed E-state index contributed by atoms with van der Waals surface area (Å²) in [5.41, 5.74) is -3.05. The number of fused-ring (bicyclic) bond motifs is 1. The largest absolute Gasteiger partial charge is 0.444 e. The van der Waals surface area contributed by atoms with Gasteiger partial charge in [-0.2, -0.15) is 26.3 Å². The van der Waals surface area contributed by atoms with Gasteiger partial charge >= 0.3 is 18.4 Å². The second kappa shape index (κ2) is 12.5. The van der Waals surface area contributed by atoms with Gasteiger partial charge in [0.05, 0.1) is 23.3 Å². The van der Waals surface area contributed by atoms with Gasteiger partial charge in [-0.25, -0.2) is 9.18 Å². The standard InChI is InChI=1S/C32H35F7N4O3/c1-18(21-13-22(31(34,35)36)15-23(14-21)32(37,38)39)45-26-16-27-40-41-28(43(27)17-25(26)19-5-7-24(33)8-6-19)20-9-11-42(12-10-20)29(44)46-30(2,3)4/h5-8,13-15,18,20,25-26H,9-12,16-17H2,1-4H3/t18-,25-,26+/m1/s1. The van der Waals surface area contributed by atoms with Crippen molar-refractivity contribution in [2.24, 2.45) is 0 Å². The van der Waals surface area contributed by atoms with Crippen LogP contribution < -0.4 is 0 Å². The first-order chi connectivity index (χ1) is 21.4. The lowest BCUT2D eigenvalue weighted by Crippen LogP contribution is -2.42. The molecule has 5 rings (SSSR count). The maximum absolute atomic E-state index is 13.8. The highest BCUT2D eigenvalue weighted by Gasteiger charge is 2.40. The summed E-state index contributed by atoms with van der Waals surface area (Å²) in [7, 11) is 0. The molecule has 0 saturated carbocycles. The molecule has 0 spiro atoms. The second-order valence-electron chi connectivity index (χ2n) is 12.8. The van der Waals surface area contributed by atoms with Gasteiger partial charge in [-0.05, 0) is 82.0 Å². The molecule has 3 heterocycles. The van der Waals surface area contributed by atoms with Crippen LogP contribution in [-0.4, -0.2) is 50.6 Å². The molecule has 2 aliphatic rings. The van der Waals surface area contributed by atoms with Crippen molar-refractivity contribution in [2.45, 2.75) is 95.5 Å². The van der Waals surface area contributed by atoms with Crippen molar-refractivity contribution in [1.29, 1.82) is 0 Å². The third kappa shape index (κ3) is 7.64. The average Bonchev–Trinajstić information content (AvgIpc) is 3.38. The van der Waals surface area contributed by atoms with E-state index >= 15 is 0 Å². The molecule has 0 radical (unpaired) electrons. The number of hydrogen-bond donors (Lipinski definition) is 0. The van der Waals surface area contributed by atoms with E-state index in [0.29, 0.717) is 61.8 Å². The van der Waals surface area contributed by atoms with Crippen molar-refractivity contribution < 1.29 is 45.0 Å². The molecule has 3 atom stereocenters. The van der Waals surface area contributed by atoms with Gasteiger partial charge in [-0.3, -0.25) is 0 Å². The van der Waals surface area contributed by atoms with E-state index in [-0.39, 0.29) is 30.1 Å². The number of carbonyl (C=O) groups is 1. The Morgan fingerprint density at radius 1 is 0.913 bits per heavy atom. The maximum Gasteiger partial charge on any atom is 0.416 e. The number of carbonyl (C=O) groups excluding carboxylic acids is 1. The number of likely N-dealkylation sites (tertiary alicyclic amines) is 1. The van der Waals surface area contributed by atoms with Crippen LogP contribution in [-0.2, 0) is 34.8 Å². The van der Waals surface area contributed by atoms with Gasteiger partial charge in [0.15, 0.2) is 0 Å². The third-order valence-electron chi connectivity index (χ3n) is 8.34. The van der Waals surface area contributed by atoms with Crippen LogP contribution in [0, 0.1) is 5.82 Å². The topological polar surface area (TPSA) is 69.5 Å². The Morgan fingerprint density at radius 3 is 2.04 bits per heavy atom. The van der Waals surface area contributed by atoms with E-state index in [0.717, 1.165) is 0 Å². The van der Waals surface area contributed by atoms with Crippen molar-refractivity contribution in [3.8, 4) is 0 Å². The average molecular weight is 657 g/mol. The minimum atomic E-state index is -4.99. The van der Waals surface area contributed by atoms with Crippen LogP contribution in [0.4, 0.5) is 35.5 Å². The van der Waals surface area contributed by atoms with Crippen LogP contribution in [0.5, 0.6) is 0 Å². The first-order valence-corrected chi connectivity index (χ1v) is 15.0. The first-order valence-electron chi connectivity index (χ1n) is 15.0. The molecule has 2 aliphatic heterocycles. The van der Waals surface area contributed by atoms with Gasteiger partial charge in [0.1, 0.15) is 23.1 Å². The van der Waals surface area contributed by atoms with E-state index in [4.69, 9.17) is 9.47 Å². The Labute approximate surface area is 261 Å². The lowest BCUT2D eigenvalue weighted by Gasteiger charge is -2.36. The van der Waals surface area contributed by atoms with Crippen molar-refractivity contribution in [3.63, 3.8) is 0 Å². The first kappa shape index (κ1) is 33.7. The number of hydrogen-bond acceptors (Lipinski definition) is 5. The molecular formula is C32H35F7N4O3. The van der Waals surface area contributed by atoms with Crippen LogP contribution in [0.3, 0.4) is 0 Å². The lowest BCUT2D eigenvalue weighted by atomic mass is 9.87. The number of aromatic nitrogens is 3. The fourth-order valence-electron chi connectivity index (χ4n) is 6.01. The summed E-state index contributed by atoms with van der Waals surface area (Å²) in [6.45, 7) is 8.02. The van der Waals surface area contributed by atoms with Gasteiger partial charge < -0.3 is 18.9 Å². The zero-order valence-electron chi connectivity index (χ0n) is 25.8. The molecule has 0 aliphatic carbocycles. The highest BCUT2D eigenvalue weighted by atomic mass is 19.4. The van der Waals surface area contributed by atoms with Crippen LogP contribution in [0.15, 0.2) is 42.5 Å². The molecule has 250 valence electrons. The predicted molar refractivity (Wildman–Crippen MR) is 152 cm³/mol. The summed E-state index contributed by atoms with van der Waals surface area (Å²) in [6.07, 6.45) is -10.8. The number of amides is 1. The van der Waals surface area contributed by atoms with Crippen LogP contribution in [0.25, 0.3) is 0 Å². The van der Waals surface area contributed by atoms with Gasteiger partial charge in [0.2, 0.25) is 0 Å². The van der Waals surface area contributed by atoms with E-state index < -0.39 is 53.0 Å². The van der Waals surface area contributed by atoms with Gasteiger partial charge in [0, 0.05) is 37.9 Å². The molecule has 1 saturated heterocycles. The molecule has 2 aromatic carbocycles. The molecular weight excluding hydrogens is 621 g/mol. The second-order valence-corrected chi connectivity index (χ2v) is 12.8. The Morgan fingerprint density at radius 2 is 1.50 bits per heavy atom. The number of nitrogens with zero attached hydrogens (tertiary/aromatic N) is 4. The monoisotopic (exact) mass is 656 g/mol. The summed E-state index contributed by atoms with van der Waals surface area (Å²) in [5, 5.41) is 8.82. The van der Waals surface area contributed by atoms with Crippen LogP contribution in [0.1, 0.15) is 92.4 Å². The molecule has 7 nitrogen and oxygen atoms in total. The molecule has 3 aromatic rings. The van der Waals surface area contributed by atoms with E-state index in [2.05, 4.69) is 10.2 Å². The number of halogens is 7. The van der Waals surface area contributed by atoms with E-state index in [1.54, 1.807) is 37.8 Å². The van der Waals surface area contributed by atoms with E-state index in [9.17, 15) is 35.5 Å². The van der Waals surface area contributed by atoms with Gasteiger partial charge in [-0.1, -0.05) is 12.1 Å². The fraction of sp³-hybridized carbons (Fsp3) is 0.531. The van der Waals surface area contributed by atoms with E-state index in [1.807, 2.05) is 4.57 Å².